The summed E-state index contributed by atoms with van der Waals surface area (Å²) < 4.78 is 6.20. The first kappa shape index (κ1) is 22.9. The molecule has 5 nitrogen and oxygen atoms in total. The van der Waals surface area contributed by atoms with E-state index < -0.39 is 6.10 Å². The van der Waals surface area contributed by atoms with Gasteiger partial charge in [-0.2, -0.15) is 0 Å². The number of hydrogen-bond acceptors (Lipinski definition) is 3. The molecule has 2 aliphatic carbocycles. The van der Waals surface area contributed by atoms with Gasteiger partial charge in [-0.05, 0) is 74.3 Å². The van der Waals surface area contributed by atoms with Crippen LogP contribution >= 0.6 is 0 Å². The van der Waals surface area contributed by atoms with Gasteiger partial charge in [-0.25, -0.2) is 0 Å². The minimum Gasteiger partial charge on any atom is -0.481 e. The number of nitrogens with zero attached hydrogens (tertiary/aromatic N) is 1. The number of aryl methyl sites for hydroxylation is 1. The molecule has 0 saturated heterocycles. The van der Waals surface area contributed by atoms with Gasteiger partial charge in [0.2, 0.25) is 5.91 Å². The van der Waals surface area contributed by atoms with Gasteiger partial charge in [0.1, 0.15) is 5.75 Å². The summed E-state index contributed by atoms with van der Waals surface area (Å²) in [6.07, 6.45) is 7.37. The third-order valence-electron chi connectivity index (χ3n) is 7.59. The van der Waals surface area contributed by atoms with Gasteiger partial charge in [-0.15, -0.1) is 0 Å². The van der Waals surface area contributed by atoms with E-state index in [0.29, 0.717) is 18.2 Å². The molecule has 1 N–H and O–H groups in total. The molecular formula is C29H36N2O3. The number of amides is 2. The number of fused-ring (bicyclic) bond motifs is 1. The SMILES string of the molecule is CCC(Oc1ccc2c(c1)C(c1ccc(C)cc1)N(C(=O)C1CCCC1)CC2)C(=O)NC1CC1. The van der Waals surface area contributed by atoms with Crippen LogP contribution < -0.4 is 10.1 Å². The molecule has 1 heterocycles. The molecule has 3 aliphatic rings. The number of carbonyl (C=O) groups is 2. The van der Waals surface area contributed by atoms with E-state index in [9.17, 15) is 9.59 Å². The van der Waals surface area contributed by atoms with E-state index in [1.165, 1.54) is 11.1 Å². The van der Waals surface area contributed by atoms with Crippen molar-refractivity contribution in [1.82, 2.24) is 10.2 Å². The van der Waals surface area contributed by atoms with Crippen LogP contribution in [0.15, 0.2) is 42.5 Å². The van der Waals surface area contributed by atoms with Gasteiger partial charge < -0.3 is 15.0 Å². The Morgan fingerprint density at radius 1 is 1.06 bits per heavy atom. The molecule has 2 atom stereocenters. The summed E-state index contributed by atoms with van der Waals surface area (Å²) in [6.45, 7) is 4.80. The van der Waals surface area contributed by atoms with Crippen LogP contribution in [-0.2, 0) is 16.0 Å². The van der Waals surface area contributed by atoms with Crippen LogP contribution in [0.5, 0.6) is 5.75 Å². The molecule has 0 aromatic heterocycles. The van der Waals surface area contributed by atoms with Gasteiger partial charge >= 0.3 is 0 Å². The molecule has 180 valence electrons. The molecular weight excluding hydrogens is 424 g/mol. The summed E-state index contributed by atoms with van der Waals surface area (Å²) in [5.74, 6) is 1.10. The lowest BCUT2D eigenvalue weighted by Crippen LogP contribution is -2.43. The normalized spacial score (nSPS) is 21.1. The Morgan fingerprint density at radius 3 is 2.47 bits per heavy atom. The van der Waals surface area contributed by atoms with Gasteiger partial charge in [0.05, 0.1) is 6.04 Å². The summed E-state index contributed by atoms with van der Waals surface area (Å²) in [5, 5.41) is 3.06. The summed E-state index contributed by atoms with van der Waals surface area (Å²) >= 11 is 0. The van der Waals surface area contributed by atoms with Gasteiger partial charge in [-0.1, -0.05) is 55.7 Å². The second-order valence-electron chi connectivity index (χ2n) is 10.2. The van der Waals surface area contributed by atoms with Crippen LogP contribution in [0.1, 0.15) is 80.2 Å². The van der Waals surface area contributed by atoms with Crippen LogP contribution in [0.2, 0.25) is 0 Å². The highest BCUT2D eigenvalue weighted by Gasteiger charge is 2.36. The van der Waals surface area contributed by atoms with E-state index in [4.69, 9.17) is 4.74 Å². The first-order chi connectivity index (χ1) is 16.5. The summed E-state index contributed by atoms with van der Waals surface area (Å²) in [6, 6.07) is 14.9. The molecule has 2 fully saturated rings. The first-order valence-electron chi connectivity index (χ1n) is 13.0. The number of carbonyl (C=O) groups excluding carboxylic acids is 2. The third kappa shape index (κ3) is 4.84. The Bertz CT molecular complexity index is 1040. The Kier molecular flexibility index (Phi) is 6.62. The zero-order valence-electron chi connectivity index (χ0n) is 20.4. The maximum atomic E-state index is 13.6. The molecule has 2 amide bonds. The Morgan fingerprint density at radius 2 is 1.79 bits per heavy atom. The second-order valence-corrected chi connectivity index (χ2v) is 10.2. The van der Waals surface area contributed by atoms with Crippen LogP contribution in [-0.4, -0.2) is 35.4 Å². The van der Waals surface area contributed by atoms with Crippen LogP contribution in [0.4, 0.5) is 0 Å². The standard InChI is InChI=1S/C29H36N2O3/c1-3-26(28(32)30-23-13-14-23)34-24-15-12-20-16-17-31(29(33)22-6-4-5-7-22)27(25(20)18-24)21-10-8-19(2)9-11-21/h8-12,15,18,22-23,26-27H,3-7,13-14,16-17H2,1-2H3,(H,30,32). The van der Waals surface area contributed by atoms with Crippen molar-refractivity contribution >= 4 is 11.8 Å². The lowest BCUT2D eigenvalue weighted by molar-refractivity contribution is -0.137. The predicted molar refractivity (Wildman–Crippen MR) is 133 cm³/mol. The van der Waals surface area contributed by atoms with E-state index in [1.807, 2.05) is 13.0 Å². The zero-order valence-corrected chi connectivity index (χ0v) is 20.4. The largest absolute Gasteiger partial charge is 0.481 e. The van der Waals surface area contributed by atoms with Gasteiger partial charge in [0.25, 0.3) is 5.91 Å². The highest BCUT2D eigenvalue weighted by atomic mass is 16.5. The number of nitrogens with one attached hydrogen (secondary N) is 1. The summed E-state index contributed by atoms with van der Waals surface area (Å²) in [5.41, 5.74) is 4.71. The Balaban J connectivity index is 1.46. The molecule has 34 heavy (non-hydrogen) atoms. The lowest BCUT2D eigenvalue weighted by Gasteiger charge is -2.39. The maximum absolute atomic E-state index is 13.6. The van der Waals surface area contributed by atoms with Crippen molar-refractivity contribution < 1.29 is 14.3 Å². The van der Waals surface area contributed by atoms with Gasteiger partial charge in [-0.3, -0.25) is 9.59 Å². The number of hydrogen-bond donors (Lipinski definition) is 1. The lowest BCUT2D eigenvalue weighted by atomic mass is 9.86. The fourth-order valence-corrected chi connectivity index (χ4v) is 5.43. The van der Waals surface area contributed by atoms with E-state index >= 15 is 0 Å². The first-order valence-corrected chi connectivity index (χ1v) is 13.0. The molecule has 5 heteroatoms. The van der Waals surface area contributed by atoms with Crippen molar-refractivity contribution in [3.8, 4) is 5.75 Å². The van der Waals surface area contributed by atoms with E-state index in [0.717, 1.165) is 62.6 Å². The molecule has 0 spiro atoms. The highest BCUT2D eigenvalue weighted by Crippen LogP contribution is 2.40. The van der Waals surface area contributed by atoms with Crippen molar-refractivity contribution in [2.24, 2.45) is 5.92 Å². The van der Waals surface area contributed by atoms with E-state index in [-0.39, 0.29) is 23.8 Å². The van der Waals surface area contributed by atoms with Gasteiger partial charge in [0, 0.05) is 18.5 Å². The second kappa shape index (κ2) is 9.81. The fourth-order valence-electron chi connectivity index (χ4n) is 5.43. The summed E-state index contributed by atoms with van der Waals surface area (Å²) in [4.78, 5) is 28.3. The molecule has 0 bridgehead atoms. The van der Waals surface area contributed by atoms with Crippen LogP contribution in [0, 0.1) is 12.8 Å². The average molecular weight is 461 g/mol. The maximum Gasteiger partial charge on any atom is 0.261 e. The average Bonchev–Trinajstić information content (AvgIpc) is 3.49. The predicted octanol–water partition coefficient (Wildman–Crippen LogP) is 5.10. The number of benzene rings is 2. The smallest absolute Gasteiger partial charge is 0.261 e. The molecule has 2 aromatic carbocycles. The Labute approximate surface area is 202 Å². The molecule has 2 saturated carbocycles. The fraction of sp³-hybridized carbons (Fsp3) is 0.517. The van der Waals surface area contributed by atoms with E-state index in [1.54, 1.807) is 0 Å². The molecule has 2 unspecified atom stereocenters. The van der Waals surface area contributed by atoms with Crippen LogP contribution in [0.25, 0.3) is 0 Å². The van der Waals surface area contributed by atoms with E-state index in [2.05, 4.69) is 53.5 Å². The topological polar surface area (TPSA) is 58.6 Å². The van der Waals surface area contributed by atoms with Crippen molar-refractivity contribution in [3.63, 3.8) is 0 Å². The zero-order chi connectivity index (χ0) is 23.7. The van der Waals surface area contributed by atoms with Crippen LogP contribution in [0.3, 0.4) is 0 Å². The van der Waals surface area contributed by atoms with Crippen molar-refractivity contribution in [1.29, 1.82) is 0 Å². The van der Waals surface area contributed by atoms with Gasteiger partial charge in [0.15, 0.2) is 6.10 Å². The Hall–Kier alpha value is -2.82. The molecule has 0 radical (unpaired) electrons. The monoisotopic (exact) mass is 460 g/mol. The van der Waals surface area contributed by atoms with Crippen molar-refractivity contribution in [2.45, 2.75) is 83.4 Å². The minimum atomic E-state index is -0.503. The van der Waals surface area contributed by atoms with Crippen molar-refractivity contribution in [3.05, 3.63) is 64.7 Å². The third-order valence-corrected chi connectivity index (χ3v) is 7.59. The number of ether oxygens (including phenoxy) is 1. The molecule has 1 aliphatic heterocycles. The molecule has 5 rings (SSSR count). The quantitative estimate of drug-likeness (QED) is 0.626. The molecule has 2 aromatic rings. The van der Waals surface area contributed by atoms with Crippen molar-refractivity contribution in [2.75, 3.05) is 6.54 Å². The number of rotatable bonds is 7. The highest BCUT2D eigenvalue weighted by molar-refractivity contribution is 5.82. The minimum absolute atomic E-state index is 0.0316. The summed E-state index contributed by atoms with van der Waals surface area (Å²) in [7, 11) is 0.